The van der Waals surface area contributed by atoms with Crippen molar-refractivity contribution in [1.82, 2.24) is 0 Å². The van der Waals surface area contributed by atoms with Gasteiger partial charge in [0.2, 0.25) is 0 Å². The van der Waals surface area contributed by atoms with Crippen molar-refractivity contribution in [2.24, 2.45) is 5.41 Å². The lowest BCUT2D eigenvalue weighted by Gasteiger charge is -2.12. The summed E-state index contributed by atoms with van der Waals surface area (Å²) in [6.07, 6.45) is 9.20. The molecular weight excluding hydrogens is 252 g/mol. The van der Waals surface area contributed by atoms with Gasteiger partial charge in [0.05, 0.1) is 0 Å². The van der Waals surface area contributed by atoms with Crippen LogP contribution in [0.25, 0.3) is 33.7 Å². The Hall–Kier alpha value is -2.34. The molecule has 0 heterocycles. The van der Waals surface area contributed by atoms with E-state index < -0.39 is 0 Å². The molecule has 0 fully saturated rings. The van der Waals surface area contributed by atoms with Crippen LogP contribution in [-0.2, 0) is 0 Å². The van der Waals surface area contributed by atoms with Gasteiger partial charge in [-0.2, -0.15) is 0 Å². The van der Waals surface area contributed by atoms with Gasteiger partial charge in [0.15, 0.2) is 0 Å². The predicted molar refractivity (Wildman–Crippen MR) is 93.3 cm³/mol. The summed E-state index contributed by atoms with van der Waals surface area (Å²) in [5.74, 6) is 0. The standard InChI is InChI=1S/C21H18/c1-21(2)13-11-19-17-9-5-3-7-15(17)16-8-4-6-10-18(16)20(19)12-14-21/h3-14H,1-2H3. The minimum absolute atomic E-state index is 0.0984. The van der Waals surface area contributed by atoms with Gasteiger partial charge in [-0.3, -0.25) is 0 Å². The van der Waals surface area contributed by atoms with Gasteiger partial charge >= 0.3 is 0 Å². The Morgan fingerprint density at radius 2 is 0.952 bits per heavy atom. The lowest BCUT2D eigenvalue weighted by molar-refractivity contribution is 0.633. The molecule has 0 radical (unpaired) electrons. The van der Waals surface area contributed by atoms with Gasteiger partial charge in [0.25, 0.3) is 0 Å². The van der Waals surface area contributed by atoms with Crippen molar-refractivity contribution in [2.75, 3.05) is 0 Å². The molecule has 0 heteroatoms. The van der Waals surface area contributed by atoms with Gasteiger partial charge in [-0.15, -0.1) is 0 Å². The molecule has 0 aromatic heterocycles. The number of fused-ring (bicyclic) bond motifs is 6. The molecule has 102 valence electrons. The molecule has 0 atom stereocenters. The second-order valence-electron chi connectivity index (χ2n) is 6.41. The average Bonchev–Trinajstić information content (AvgIpc) is 2.67. The summed E-state index contributed by atoms with van der Waals surface area (Å²) in [6.45, 7) is 4.49. The van der Waals surface area contributed by atoms with Crippen LogP contribution in [0.4, 0.5) is 0 Å². The van der Waals surface area contributed by atoms with Crippen LogP contribution < -0.4 is 0 Å². The molecule has 0 saturated heterocycles. The van der Waals surface area contributed by atoms with Crippen LogP contribution in [0, 0.1) is 5.41 Å². The van der Waals surface area contributed by atoms with Gasteiger partial charge in [-0.1, -0.05) is 86.7 Å². The van der Waals surface area contributed by atoms with E-state index in [0.29, 0.717) is 0 Å². The Labute approximate surface area is 125 Å². The Balaban J connectivity index is 2.25. The smallest absolute Gasteiger partial charge is 0.00111 e. The minimum Gasteiger partial charge on any atom is -0.0744 e. The highest BCUT2D eigenvalue weighted by Gasteiger charge is 2.16. The van der Waals surface area contributed by atoms with Gasteiger partial charge in [-0.05, 0) is 32.7 Å². The van der Waals surface area contributed by atoms with Crippen LogP contribution >= 0.6 is 0 Å². The summed E-state index contributed by atoms with van der Waals surface area (Å²) in [4.78, 5) is 0. The van der Waals surface area contributed by atoms with E-state index in [1.807, 2.05) is 0 Å². The third kappa shape index (κ3) is 1.91. The first-order valence-electron chi connectivity index (χ1n) is 7.48. The highest BCUT2D eigenvalue weighted by molar-refractivity contribution is 6.14. The summed E-state index contributed by atoms with van der Waals surface area (Å²) in [6, 6.07) is 17.4. The molecule has 1 aliphatic carbocycles. The molecule has 3 aromatic rings. The van der Waals surface area contributed by atoms with Gasteiger partial charge in [0.1, 0.15) is 0 Å². The van der Waals surface area contributed by atoms with E-state index in [0.717, 1.165) is 0 Å². The van der Waals surface area contributed by atoms with Crippen LogP contribution in [0.3, 0.4) is 0 Å². The molecule has 0 N–H and O–H groups in total. The number of allylic oxidation sites excluding steroid dienone is 2. The molecule has 0 saturated carbocycles. The SMILES string of the molecule is CC1(C)C=Cc2c(c3ccccc3c3ccccc23)C=C1. The molecular formula is C21H18. The summed E-state index contributed by atoms with van der Waals surface area (Å²) in [5.41, 5.74) is 2.78. The Kier molecular flexibility index (Phi) is 2.56. The second-order valence-corrected chi connectivity index (χ2v) is 6.41. The average molecular weight is 270 g/mol. The first-order chi connectivity index (χ1) is 10.2. The van der Waals surface area contributed by atoms with Crippen molar-refractivity contribution in [1.29, 1.82) is 0 Å². The van der Waals surface area contributed by atoms with E-state index in [4.69, 9.17) is 0 Å². The topological polar surface area (TPSA) is 0 Å². The maximum atomic E-state index is 2.30. The van der Waals surface area contributed by atoms with Crippen molar-refractivity contribution in [3.05, 3.63) is 71.8 Å². The van der Waals surface area contributed by atoms with Crippen molar-refractivity contribution >= 4 is 33.7 Å². The lowest BCUT2D eigenvalue weighted by Crippen LogP contribution is -1.99. The van der Waals surface area contributed by atoms with E-state index in [1.54, 1.807) is 0 Å². The Bertz CT molecular complexity index is 833. The molecule has 0 nitrogen and oxygen atoms in total. The summed E-state index contributed by atoms with van der Waals surface area (Å²) >= 11 is 0. The van der Waals surface area contributed by atoms with E-state index in [-0.39, 0.29) is 5.41 Å². The third-order valence-corrected chi connectivity index (χ3v) is 4.37. The van der Waals surface area contributed by atoms with Crippen molar-refractivity contribution in [3.8, 4) is 0 Å². The quantitative estimate of drug-likeness (QED) is 0.436. The van der Waals surface area contributed by atoms with Crippen LogP contribution in [0.2, 0.25) is 0 Å². The molecule has 4 rings (SSSR count). The molecule has 0 unspecified atom stereocenters. The van der Waals surface area contributed by atoms with Crippen molar-refractivity contribution in [3.63, 3.8) is 0 Å². The highest BCUT2D eigenvalue weighted by atomic mass is 14.2. The molecule has 21 heavy (non-hydrogen) atoms. The fourth-order valence-corrected chi connectivity index (χ4v) is 3.21. The molecule has 0 amide bonds. The van der Waals surface area contributed by atoms with Crippen LogP contribution in [0.5, 0.6) is 0 Å². The normalized spacial score (nSPS) is 16.1. The highest BCUT2D eigenvalue weighted by Crippen LogP contribution is 2.37. The number of hydrogen-bond donors (Lipinski definition) is 0. The summed E-state index contributed by atoms with van der Waals surface area (Å²) in [7, 11) is 0. The third-order valence-electron chi connectivity index (χ3n) is 4.37. The first-order valence-corrected chi connectivity index (χ1v) is 7.48. The lowest BCUT2D eigenvalue weighted by atomic mass is 9.92. The summed E-state index contributed by atoms with van der Waals surface area (Å²) in [5, 5.41) is 5.35. The fourth-order valence-electron chi connectivity index (χ4n) is 3.21. The van der Waals surface area contributed by atoms with Crippen molar-refractivity contribution < 1.29 is 0 Å². The van der Waals surface area contributed by atoms with Crippen LogP contribution in [0.1, 0.15) is 25.0 Å². The number of hydrogen-bond acceptors (Lipinski definition) is 0. The maximum Gasteiger partial charge on any atom is 0.00111 e. The van der Waals surface area contributed by atoms with Gasteiger partial charge < -0.3 is 0 Å². The first kappa shape index (κ1) is 12.4. The van der Waals surface area contributed by atoms with Gasteiger partial charge in [-0.25, -0.2) is 0 Å². The van der Waals surface area contributed by atoms with E-state index in [9.17, 15) is 0 Å². The zero-order valence-corrected chi connectivity index (χ0v) is 12.4. The van der Waals surface area contributed by atoms with Crippen LogP contribution in [0.15, 0.2) is 60.7 Å². The monoisotopic (exact) mass is 270 g/mol. The second kappa shape index (κ2) is 4.33. The number of benzene rings is 3. The zero-order chi connectivity index (χ0) is 14.4. The Morgan fingerprint density at radius 3 is 1.38 bits per heavy atom. The fraction of sp³-hybridized carbons (Fsp3) is 0.143. The zero-order valence-electron chi connectivity index (χ0n) is 12.4. The summed E-state index contributed by atoms with van der Waals surface area (Å²) < 4.78 is 0. The van der Waals surface area contributed by atoms with E-state index in [1.165, 1.54) is 32.7 Å². The maximum absolute atomic E-state index is 2.30. The van der Waals surface area contributed by atoms with Crippen LogP contribution in [-0.4, -0.2) is 0 Å². The largest absolute Gasteiger partial charge is 0.0744 e. The Morgan fingerprint density at radius 1 is 0.571 bits per heavy atom. The van der Waals surface area contributed by atoms with Crippen molar-refractivity contribution in [2.45, 2.75) is 13.8 Å². The predicted octanol–water partition coefficient (Wildman–Crippen LogP) is 6.06. The minimum atomic E-state index is 0.0984. The molecule has 3 aromatic carbocycles. The number of rotatable bonds is 0. The van der Waals surface area contributed by atoms with E-state index in [2.05, 4.69) is 86.7 Å². The molecule has 1 aliphatic rings. The van der Waals surface area contributed by atoms with E-state index >= 15 is 0 Å². The molecule has 0 spiro atoms. The molecule has 0 aliphatic heterocycles. The van der Waals surface area contributed by atoms with Gasteiger partial charge in [0, 0.05) is 5.41 Å². The molecule has 0 bridgehead atoms.